The van der Waals surface area contributed by atoms with Crippen LogP contribution in [0.3, 0.4) is 0 Å². The van der Waals surface area contributed by atoms with E-state index >= 15 is 0 Å². The molecule has 0 spiro atoms. The van der Waals surface area contributed by atoms with E-state index in [0.29, 0.717) is 0 Å². The third kappa shape index (κ3) is 2.03. The van der Waals surface area contributed by atoms with Gasteiger partial charge in [0.15, 0.2) is 0 Å². The molecule has 2 rings (SSSR count). The number of ether oxygens (including phenoxy) is 1. The zero-order valence-electron chi connectivity index (χ0n) is 9.27. The van der Waals surface area contributed by atoms with Gasteiger partial charge in [-0.05, 0) is 25.1 Å². The van der Waals surface area contributed by atoms with Crippen molar-refractivity contribution in [1.29, 1.82) is 0 Å². The summed E-state index contributed by atoms with van der Waals surface area (Å²) in [7, 11) is 1.50. The van der Waals surface area contributed by atoms with E-state index in [1.54, 1.807) is 0 Å². The lowest BCUT2D eigenvalue weighted by atomic mass is 10.1. The van der Waals surface area contributed by atoms with Crippen LogP contribution < -0.4 is 10.2 Å². The number of fused-ring (bicyclic) bond motifs is 1. The normalized spacial score (nSPS) is 21.2. The molecule has 1 aliphatic rings. The number of methoxy groups -OCH3 is 1. The zero-order chi connectivity index (χ0) is 11.7. The quantitative estimate of drug-likeness (QED) is 0.817. The first-order valence-corrected chi connectivity index (χ1v) is 5.95. The van der Waals surface area contributed by atoms with Gasteiger partial charge in [-0.25, -0.2) is 0 Å². The Bertz CT molecular complexity index is 386. The summed E-state index contributed by atoms with van der Waals surface area (Å²) in [4.78, 5) is 1.86. The van der Waals surface area contributed by atoms with Crippen LogP contribution in [0.4, 0.5) is 11.4 Å². The van der Waals surface area contributed by atoms with Crippen molar-refractivity contribution in [3.8, 4) is 0 Å². The first-order chi connectivity index (χ1) is 7.63. The van der Waals surface area contributed by atoms with Gasteiger partial charge in [0.05, 0.1) is 11.4 Å². The Morgan fingerprint density at radius 2 is 2.38 bits per heavy atom. The molecule has 0 bridgehead atoms. The highest BCUT2D eigenvalue weighted by Gasteiger charge is 2.27. The molecule has 16 heavy (non-hydrogen) atoms. The van der Waals surface area contributed by atoms with Gasteiger partial charge in [-0.1, -0.05) is 15.9 Å². The number of hydrogen-bond acceptors (Lipinski definition) is 4. The lowest BCUT2D eigenvalue weighted by molar-refractivity contribution is -0.0781. The molecule has 1 aromatic rings. The van der Waals surface area contributed by atoms with E-state index in [2.05, 4.69) is 21.2 Å². The van der Waals surface area contributed by atoms with E-state index in [9.17, 15) is 5.11 Å². The molecule has 0 fully saturated rings. The molecule has 4 nitrogen and oxygen atoms in total. The first kappa shape index (κ1) is 11.7. The molecule has 1 unspecified atom stereocenters. The van der Waals surface area contributed by atoms with Crippen molar-refractivity contribution >= 4 is 27.3 Å². The molecular weight excluding hydrogens is 272 g/mol. The largest absolute Gasteiger partial charge is 0.381 e. The summed E-state index contributed by atoms with van der Waals surface area (Å²) in [6, 6.07) is 6.10. The van der Waals surface area contributed by atoms with Gasteiger partial charge >= 0.3 is 0 Å². The van der Waals surface area contributed by atoms with E-state index in [0.717, 1.165) is 22.4 Å². The number of halogens is 1. The molecule has 0 saturated heterocycles. The number of nitrogens with one attached hydrogen (secondary N) is 1. The average molecular weight is 287 g/mol. The van der Waals surface area contributed by atoms with Crippen LogP contribution in [0, 0.1) is 0 Å². The van der Waals surface area contributed by atoms with Crippen LogP contribution in [0.25, 0.3) is 0 Å². The Morgan fingerprint density at radius 1 is 1.62 bits per heavy atom. The maximum atomic E-state index is 9.83. The molecule has 1 aliphatic heterocycles. The summed E-state index contributed by atoms with van der Waals surface area (Å²) in [5.74, 6) is 0. The summed E-state index contributed by atoms with van der Waals surface area (Å²) in [5.41, 5.74) is 1.96. The fraction of sp³-hybridized carbons (Fsp3) is 0.455. The van der Waals surface area contributed by atoms with Gasteiger partial charge < -0.3 is 20.1 Å². The van der Waals surface area contributed by atoms with Gasteiger partial charge in [0, 0.05) is 24.2 Å². The highest BCUT2D eigenvalue weighted by Crippen LogP contribution is 2.34. The molecule has 0 aromatic heterocycles. The number of benzene rings is 1. The number of aliphatic hydroxyl groups is 1. The Kier molecular flexibility index (Phi) is 3.37. The number of hydrogen-bond donors (Lipinski definition) is 2. The molecule has 0 aliphatic carbocycles. The van der Waals surface area contributed by atoms with E-state index < -0.39 is 6.41 Å². The van der Waals surface area contributed by atoms with Gasteiger partial charge in [-0.2, -0.15) is 0 Å². The van der Waals surface area contributed by atoms with Crippen molar-refractivity contribution in [3.05, 3.63) is 22.7 Å². The molecule has 0 radical (unpaired) electrons. The monoisotopic (exact) mass is 286 g/mol. The summed E-state index contributed by atoms with van der Waals surface area (Å²) >= 11 is 3.43. The molecule has 2 atom stereocenters. The maximum absolute atomic E-state index is 9.83. The fourth-order valence-electron chi connectivity index (χ4n) is 1.92. The highest BCUT2D eigenvalue weighted by atomic mass is 79.9. The van der Waals surface area contributed by atoms with Crippen LogP contribution in [0.15, 0.2) is 22.7 Å². The zero-order valence-corrected chi connectivity index (χ0v) is 10.9. The number of rotatable bonds is 2. The second-order valence-electron chi connectivity index (χ2n) is 3.86. The molecule has 1 heterocycles. The van der Waals surface area contributed by atoms with Crippen LogP contribution in [0.5, 0.6) is 0 Å². The van der Waals surface area contributed by atoms with Gasteiger partial charge in [0.2, 0.25) is 6.41 Å². The van der Waals surface area contributed by atoms with Gasteiger partial charge in [-0.3, -0.25) is 0 Å². The van der Waals surface area contributed by atoms with Gasteiger partial charge in [0.1, 0.15) is 0 Å². The molecule has 5 heteroatoms. The van der Waals surface area contributed by atoms with Crippen molar-refractivity contribution in [3.63, 3.8) is 0 Å². The Labute approximate surface area is 103 Å². The Morgan fingerprint density at radius 3 is 3.06 bits per heavy atom. The van der Waals surface area contributed by atoms with Crippen LogP contribution in [0.2, 0.25) is 0 Å². The predicted octanol–water partition coefficient (Wildman–Crippen LogP) is 1.99. The summed E-state index contributed by atoms with van der Waals surface area (Å²) < 4.78 is 6.00. The molecular formula is C11H15BrN2O2. The fourth-order valence-corrected chi connectivity index (χ4v) is 2.28. The van der Waals surface area contributed by atoms with E-state index in [4.69, 9.17) is 4.74 Å². The molecule has 0 saturated carbocycles. The highest BCUT2D eigenvalue weighted by molar-refractivity contribution is 9.10. The van der Waals surface area contributed by atoms with Crippen molar-refractivity contribution in [2.24, 2.45) is 0 Å². The summed E-state index contributed by atoms with van der Waals surface area (Å²) in [6.07, 6.45) is -0.906. The average Bonchev–Trinajstić information content (AvgIpc) is 2.28. The number of anilines is 2. The predicted molar refractivity (Wildman–Crippen MR) is 67.6 cm³/mol. The SMILES string of the molecule is COC(O)N1c2ccc(Br)cc2NC[C@@H]1C. The van der Waals surface area contributed by atoms with Crippen molar-refractivity contribution in [2.45, 2.75) is 19.4 Å². The second-order valence-corrected chi connectivity index (χ2v) is 4.78. The van der Waals surface area contributed by atoms with Crippen molar-refractivity contribution < 1.29 is 9.84 Å². The minimum absolute atomic E-state index is 0.184. The Balaban J connectivity index is 2.40. The molecule has 1 aromatic carbocycles. The number of aliphatic hydroxyl groups excluding tert-OH is 1. The van der Waals surface area contributed by atoms with Crippen LogP contribution >= 0.6 is 15.9 Å². The minimum Gasteiger partial charge on any atom is -0.381 e. The van der Waals surface area contributed by atoms with Crippen LogP contribution in [-0.4, -0.2) is 31.2 Å². The van der Waals surface area contributed by atoms with Crippen molar-refractivity contribution in [2.75, 3.05) is 23.9 Å². The third-order valence-electron chi connectivity index (χ3n) is 2.75. The van der Waals surface area contributed by atoms with Gasteiger partial charge in [-0.15, -0.1) is 0 Å². The van der Waals surface area contributed by atoms with Crippen LogP contribution in [0.1, 0.15) is 6.92 Å². The van der Waals surface area contributed by atoms with E-state index in [1.165, 1.54) is 7.11 Å². The summed E-state index contributed by atoms with van der Waals surface area (Å²) in [6.45, 7) is 2.82. The lowest BCUT2D eigenvalue weighted by Gasteiger charge is -2.39. The lowest BCUT2D eigenvalue weighted by Crippen LogP contribution is -2.49. The van der Waals surface area contributed by atoms with Crippen LogP contribution in [-0.2, 0) is 4.74 Å². The van der Waals surface area contributed by atoms with E-state index in [1.807, 2.05) is 30.0 Å². The number of nitrogens with zero attached hydrogens (tertiary/aromatic N) is 1. The summed E-state index contributed by atoms with van der Waals surface area (Å²) in [5, 5.41) is 13.2. The van der Waals surface area contributed by atoms with E-state index in [-0.39, 0.29) is 6.04 Å². The first-order valence-electron chi connectivity index (χ1n) is 5.16. The molecule has 88 valence electrons. The second kappa shape index (κ2) is 4.61. The maximum Gasteiger partial charge on any atom is 0.238 e. The standard InChI is InChI=1S/C11H15BrN2O2/c1-7-6-13-9-5-8(12)3-4-10(9)14(7)11(15)16-2/h3-5,7,11,13,15H,6H2,1-2H3/t7-,11?/m0/s1. The minimum atomic E-state index is -0.906. The smallest absolute Gasteiger partial charge is 0.238 e. The third-order valence-corrected chi connectivity index (χ3v) is 3.24. The topological polar surface area (TPSA) is 44.7 Å². The molecule has 0 amide bonds. The van der Waals surface area contributed by atoms with Gasteiger partial charge in [0.25, 0.3) is 0 Å². The van der Waals surface area contributed by atoms with Crippen molar-refractivity contribution in [1.82, 2.24) is 0 Å². The Hall–Kier alpha value is -0.780. The molecule has 2 N–H and O–H groups in total.